The topological polar surface area (TPSA) is 59.3 Å². The SMILES string of the molecule is C[C@@H](Cc1ccoc1)NS(=O)(=O)Cc1cccc(Cl)c1. The minimum atomic E-state index is -3.39. The van der Waals surface area contributed by atoms with Crippen LogP contribution in [0.2, 0.25) is 5.02 Å². The van der Waals surface area contributed by atoms with E-state index in [-0.39, 0.29) is 11.8 Å². The summed E-state index contributed by atoms with van der Waals surface area (Å²) >= 11 is 5.85. The summed E-state index contributed by atoms with van der Waals surface area (Å²) < 4.78 is 31.8. The molecule has 0 bridgehead atoms. The van der Waals surface area contributed by atoms with Gasteiger partial charge in [-0.05, 0) is 42.7 Å². The van der Waals surface area contributed by atoms with Crippen LogP contribution in [0.3, 0.4) is 0 Å². The fourth-order valence-electron chi connectivity index (χ4n) is 2.00. The molecule has 0 aliphatic rings. The van der Waals surface area contributed by atoms with E-state index in [2.05, 4.69) is 4.72 Å². The Hall–Kier alpha value is -1.30. The average Bonchev–Trinajstić information content (AvgIpc) is 2.79. The average molecular weight is 314 g/mol. The summed E-state index contributed by atoms with van der Waals surface area (Å²) in [4.78, 5) is 0. The summed E-state index contributed by atoms with van der Waals surface area (Å²) in [6.07, 6.45) is 3.77. The van der Waals surface area contributed by atoms with Gasteiger partial charge in [-0.1, -0.05) is 23.7 Å². The molecule has 2 rings (SSSR count). The van der Waals surface area contributed by atoms with Gasteiger partial charge in [-0.25, -0.2) is 13.1 Å². The van der Waals surface area contributed by atoms with Crippen LogP contribution in [-0.4, -0.2) is 14.5 Å². The van der Waals surface area contributed by atoms with Gasteiger partial charge in [0.2, 0.25) is 10.0 Å². The van der Waals surface area contributed by atoms with Crippen LogP contribution < -0.4 is 4.72 Å². The maximum absolute atomic E-state index is 12.1. The van der Waals surface area contributed by atoms with Crippen molar-refractivity contribution in [1.29, 1.82) is 0 Å². The number of sulfonamides is 1. The van der Waals surface area contributed by atoms with Gasteiger partial charge in [-0.3, -0.25) is 0 Å². The van der Waals surface area contributed by atoms with E-state index in [9.17, 15) is 8.42 Å². The first kappa shape index (κ1) is 15.1. The molecule has 1 heterocycles. The smallest absolute Gasteiger partial charge is 0.216 e. The third-order valence-electron chi connectivity index (χ3n) is 2.75. The van der Waals surface area contributed by atoms with E-state index in [1.54, 1.807) is 36.8 Å². The molecule has 6 heteroatoms. The lowest BCUT2D eigenvalue weighted by atomic mass is 10.1. The molecule has 0 radical (unpaired) electrons. The van der Waals surface area contributed by atoms with Crippen LogP contribution in [0.15, 0.2) is 47.3 Å². The first-order valence-electron chi connectivity index (χ1n) is 6.20. The highest BCUT2D eigenvalue weighted by Crippen LogP contribution is 2.13. The molecule has 20 heavy (non-hydrogen) atoms. The van der Waals surface area contributed by atoms with Crippen molar-refractivity contribution in [1.82, 2.24) is 4.72 Å². The second-order valence-corrected chi connectivity index (χ2v) is 6.93. The molecule has 0 spiro atoms. The first-order chi connectivity index (χ1) is 9.44. The molecule has 1 aromatic carbocycles. The van der Waals surface area contributed by atoms with Crippen LogP contribution in [0.5, 0.6) is 0 Å². The molecule has 0 amide bonds. The number of benzene rings is 1. The fourth-order valence-corrected chi connectivity index (χ4v) is 3.61. The van der Waals surface area contributed by atoms with Gasteiger partial charge < -0.3 is 4.42 Å². The summed E-state index contributed by atoms with van der Waals surface area (Å²) in [7, 11) is -3.39. The van der Waals surface area contributed by atoms with Crippen LogP contribution >= 0.6 is 11.6 Å². The number of rotatable bonds is 6. The van der Waals surface area contributed by atoms with Gasteiger partial charge in [0, 0.05) is 11.1 Å². The van der Waals surface area contributed by atoms with Crippen molar-refractivity contribution in [2.24, 2.45) is 0 Å². The third kappa shape index (κ3) is 4.67. The molecule has 0 aliphatic heterocycles. The number of nitrogens with one attached hydrogen (secondary N) is 1. The van der Waals surface area contributed by atoms with Crippen LogP contribution in [-0.2, 0) is 22.2 Å². The first-order valence-corrected chi connectivity index (χ1v) is 8.23. The normalized spacial score (nSPS) is 13.3. The molecular formula is C14H16ClNO3S. The molecule has 2 aromatic rings. The highest BCUT2D eigenvalue weighted by molar-refractivity contribution is 7.88. The number of furan rings is 1. The van der Waals surface area contributed by atoms with E-state index >= 15 is 0 Å². The lowest BCUT2D eigenvalue weighted by Crippen LogP contribution is -2.34. The van der Waals surface area contributed by atoms with Gasteiger partial charge in [0.1, 0.15) is 0 Å². The van der Waals surface area contributed by atoms with E-state index in [0.717, 1.165) is 5.56 Å². The Morgan fingerprint density at radius 3 is 2.75 bits per heavy atom. The van der Waals surface area contributed by atoms with Crippen LogP contribution in [0, 0.1) is 0 Å². The fraction of sp³-hybridized carbons (Fsp3) is 0.286. The molecular weight excluding hydrogens is 298 g/mol. The van der Waals surface area contributed by atoms with Gasteiger partial charge in [0.15, 0.2) is 0 Å². The Bertz CT molecular complexity index is 653. The highest BCUT2D eigenvalue weighted by atomic mass is 35.5. The molecule has 0 saturated heterocycles. The monoisotopic (exact) mass is 313 g/mol. The van der Waals surface area contributed by atoms with Crippen molar-refractivity contribution in [3.63, 3.8) is 0 Å². The Morgan fingerprint density at radius 2 is 2.10 bits per heavy atom. The Morgan fingerprint density at radius 1 is 1.30 bits per heavy atom. The highest BCUT2D eigenvalue weighted by Gasteiger charge is 2.16. The van der Waals surface area contributed by atoms with Crippen LogP contribution in [0.4, 0.5) is 0 Å². The Balaban J connectivity index is 1.96. The molecule has 4 nitrogen and oxygen atoms in total. The zero-order valence-corrected chi connectivity index (χ0v) is 12.6. The second kappa shape index (κ2) is 6.43. The van der Waals surface area contributed by atoms with Gasteiger partial charge in [0.05, 0.1) is 18.3 Å². The maximum Gasteiger partial charge on any atom is 0.216 e. The van der Waals surface area contributed by atoms with E-state index in [1.807, 2.05) is 13.0 Å². The summed E-state index contributed by atoms with van der Waals surface area (Å²) in [6.45, 7) is 1.82. The standard InChI is InChI=1S/C14H16ClNO3S/c1-11(7-12-5-6-19-9-12)16-20(17,18)10-13-3-2-4-14(15)8-13/h2-6,8-9,11,16H,7,10H2,1H3/t11-/m0/s1. The molecule has 1 aromatic heterocycles. The van der Waals surface area contributed by atoms with E-state index < -0.39 is 10.0 Å². The van der Waals surface area contributed by atoms with Crippen LogP contribution in [0.25, 0.3) is 0 Å². The van der Waals surface area contributed by atoms with Gasteiger partial charge >= 0.3 is 0 Å². The quantitative estimate of drug-likeness (QED) is 0.892. The van der Waals surface area contributed by atoms with Crippen molar-refractivity contribution < 1.29 is 12.8 Å². The van der Waals surface area contributed by atoms with Crippen LogP contribution in [0.1, 0.15) is 18.1 Å². The lowest BCUT2D eigenvalue weighted by Gasteiger charge is -2.13. The largest absolute Gasteiger partial charge is 0.472 e. The second-order valence-electron chi connectivity index (χ2n) is 4.74. The van der Waals surface area contributed by atoms with Gasteiger partial charge in [0.25, 0.3) is 0 Å². The van der Waals surface area contributed by atoms with Crippen molar-refractivity contribution in [2.45, 2.75) is 25.1 Å². The lowest BCUT2D eigenvalue weighted by molar-refractivity contribution is 0.548. The maximum atomic E-state index is 12.1. The van der Waals surface area contributed by atoms with Crippen molar-refractivity contribution in [3.8, 4) is 0 Å². The third-order valence-corrected chi connectivity index (χ3v) is 4.46. The minimum absolute atomic E-state index is 0.0801. The van der Waals surface area contributed by atoms with Gasteiger partial charge in [-0.2, -0.15) is 0 Å². The summed E-state index contributed by atoms with van der Waals surface area (Å²) in [5, 5.41) is 0.532. The Kier molecular flexibility index (Phi) is 4.86. The molecule has 108 valence electrons. The zero-order valence-electron chi connectivity index (χ0n) is 11.0. The predicted molar refractivity (Wildman–Crippen MR) is 79.1 cm³/mol. The summed E-state index contributed by atoms with van der Waals surface area (Å²) in [5.74, 6) is -0.0801. The van der Waals surface area contributed by atoms with Gasteiger partial charge in [-0.15, -0.1) is 0 Å². The Labute approximate surface area is 123 Å². The number of hydrogen-bond acceptors (Lipinski definition) is 3. The number of halogens is 1. The summed E-state index contributed by atoms with van der Waals surface area (Å²) in [6, 6.07) is 8.47. The molecule has 0 saturated carbocycles. The summed E-state index contributed by atoms with van der Waals surface area (Å²) in [5.41, 5.74) is 1.63. The van der Waals surface area contributed by atoms with E-state index in [0.29, 0.717) is 17.0 Å². The molecule has 0 unspecified atom stereocenters. The zero-order chi connectivity index (χ0) is 14.6. The van der Waals surface area contributed by atoms with E-state index in [4.69, 9.17) is 16.0 Å². The predicted octanol–water partition coefficient (Wildman–Crippen LogP) is 2.98. The van der Waals surface area contributed by atoms with Crippen molar-refractivity contribution in [3.05, 3.63) is 59.0 Å². The number of hydrogen-bond donors (Lipinski definition) is 1. The minimum Gasteiger partial charge on any atom is -0.472 e. The van der Waals surface area contributed by atoms with E-state index in [1.165, 1.54) is 0 Å². The molecule has 0 fully saturated rings. The molecule has 1 N–H and O–H groups in total. The molecule has 1 atom stereocenters. The van der Waals surface area contributed by atoms with Crippen molar-refractivity contribution >= 4 is 21.6 Å². The van der Waals surface area contributed by atoms with Crippen molar-refractivity contribution in [2.75, 3.05) is 0 Å². The molecule has 0 aliphatic carbocycles.